The average Bonchev–Trinajstić information content (AvgIpc) is 2.61. The third-order valence-corrected chi connectivity index (χ3v) is 3.25. The van der Waals surface area contributed by atoms with Gasteiger partial charge < -0.3 is 10.6 Å². The Balaban J connectivity index is 2.58. The van der Waals surface area contributed by atoms with Crippen LogP contribution in [0.25, 0.3) is 0 Å². The summed E-state index contributed by atoms with van der Waals surface area (Å²) in [7, 11) is 0. The molecule has 2 amide bonds. The Kier molecular flexibility index (Phi) is 5.19. The first-order valence-corrected chi connectivity index (χ1v) is 6.56. The van der Waals surface area contributed by atoms with E-state index in [9.17, 15) is 4.79 Å². The first-order chi connectivity index (χ1) is 8.49. The molecule has 0 aliphatic heterocycles. The van der Waals surface area contributed by atoms with Gasteiger partial charge in [0, 0.05) is 30.4 Å². The molecule has 0 spiro atoms. The van der Waals surface area contributed by atoms with Crippen LogP contribution in [0.2, 0.25) is 0 Å². The molecule has 1 aromatic heterocycles. The van der Waals surface area contributed by atoms with E-state index in [1.54, 1.807) is 0 Å². The van der Waals surface area contributed by atoms with Crippen LogP contribution in [0.5, 0.6) is 0 Å². The van der Waals surface area contributed by atoms with Gasteiger partial charge in [-0.2, -0.15) is 5.10 Å². The Morgan fingerprint density at radius 1 is 1.39 bits per heavy atom. The molecule has 0 aliphatic carbocycles. The molecule has 102 valence electrons. The van der Waals surface area contributed by atoms with Crippen LogP contribution in [0.1, 0.15) is 44.1 Å². The lowest BCUT2D eigenvalue weighted by atomic mass is 10.2. The number of urea groups is 1. The van der Waals surface area contributed by atoms with Crippen molar-refractivity contribution in [3.05, 3.63) is 17.0 Å². The molecule has 0 aliphatic rings. The summed E-state index contributed by atoms with van der Waals surface area (Å²) in [6.07, 6.45) is 0.930. The second kappa shape index (κ2) is 6.42. The summed E-state index contributed by atoms with van der Waals surface area (Å²) < 4.78 is 1.96. The van der Waals surface area contributed by atoms with Crippen molar-refractivity contribution >= 4 is 6.03 Å². The summed E-state index contributed by atoms with van der Waals surface area (Å²) in [4.78, 5) is 11.6. The summed E-state index contributed by atoms with van der Waals surface area (Å²) >= 11 is 0. The molecule has 1 rings (SSSR count). The van der Waals surface area contributed by atoms with E-state index in [2.05, 4.69) is 22.7 Å². The molecule has 18 heavy (non-hydrogen) atoms. The van der Waals surface area contributed by atoms with Crippen LogP contribution < -0.4 is 10.6 Å². The molecular weight excluding hydrogens is 228 g/mol. The van der Waals surface area contributed by atoms with Gasteiger partial charge in [-0.15, -0.1) is 0 Å². The maximum Gasteiger partial charge on any atom is 0.315 e. The van der Waals surface area contributed by atoms with Gasteiger partial charge in [0.25, 0.3) is 0 Å². The lowest BCUT2D eigenvalue weighted by Crippen LogP contribution is -2.40. The standard InChI is InChI=1S/C13H24N4O/c1-6-9(3)15-13(18)14-8-12-10(4)16-17(7-2)11(12)5/h9H,6-8H2,1-5H3,(H2,14,15,18)/t9-/m1/s1. The highest BCUT2D eigenvalue weighted by Crippen LogP contribution is 2.12. The largest absolute Gasteiger partial charge is 0.336 e. The molecule has 1 heterocycles. The van der Waals surface area contributed by atoms with Crippen LogP contribution in [-0.2, 0) is 13.1 Å². The second-order valence-corrected chi connectivity index (χ2v) is 4.60. The predicted octanol–water partition coefficient (Wildman–Crippen LogP) is 2.12. The summed E-state index contributed by atoms with van der Waals surface area (Å²) in [5.74, 6) is 0. The highest BCUT2D eigenvalue weighted by Gasteiger charge is 2.12. The quantitative estimate of drug-likeness (QED) is 0.843. The molecule has 5 heteroatoms. The number of carbonyl (C=O) groups is 1. The Morgan fingerprint density at radius 2 is 2.06 bits per heavy atom. The van der Waals surface area contributed by atoms with Gasteiger partial charge in [-0.25, -0.2) is 4.79 Å². The summed E-state index contributed by atoms with van der Waals surface area (Å²) in [6.45, 7) is 11.5. The lowest BCUT2D eigenvalue weighted by molar-refractivity contribution is 0.237. The molecule has 0 saturated carbocycles. The smallest absolute Gasteiger partial charge is 0.315 e. The summed E-state index contributed by atoms with van der Waals surface area (Å²) in [6, 6.07) is 0.0814. The topological polar surface area (TPSA) is 59.0 Å². The Bertz CT molecular complexity index is 411. The van der Waals surface area contributed by atoms with E-state index in [1.807, 2.05) is 32.4 Å². The minimum Gasteiger partial charge on any atom is -0.336 e. The SMILES string of the molecule is CC[C@@H](C)NC(=O)NCc1c(C)nn(CC)c1C. The van der Waals surface area contributed by atoms with Crippen LogP contribution in [-0.4, -0.2) is 21.9 Å². The van der Waals surface area contributed by atoms with Gasteiger partial charge in [0.1, 0.15) is 0 Å². The fourth-order valence-electron chi connectivity index (χ4n) is 1.84. The molecular formula is C13H24N4O. The number of nitrogens with zero attached hydrogens (tertiary/aromatic N) is 2. The Morgan fingerprint density at radius 3 is 2.56 bits per heavy atom. The van der Waals surface area contributed by atoms with Crippen molar-refractivity contribution in [2.24, 2.45) is 0 Å². The third kappa shape index (κ3) is 3.48. The highest BCUT2D eigenvalue weighted by molar-refractivity contribution is 5.74. The molecule has 0 unspecified atom stereocenters. The van der Waals surface area contributed by atoms with Crippen molar-refractivity contribution < 1.29 is 4.79 Å². The van der Waals surface area contributed by atoms with E-state index in [1.165, 1.54) is 0 Å². The van der Waals surface area contributed by atoms with Gasteiger partial charge in [0.15, 0.2) is 0 Å². The van der Waals surface area contributed by atoms with Crippen LogP contribution >= 0.6 is 0 Å². The second-order valence-electron chi connectivity index (χ2n) is 4.60. The summed E-state index contributed by atoms with van der Waals surface area (Å²) in [5.41, 5.74) is 3.22. The molecule has 0 fully saturated rings. The fourth-order valence-corrected chi connectivity index (χ4v) is 1.84. The maximum absolute atomic E-state index is 11.6. The van der Waals surface area contributed by atoms with Gasteiger partial charge in [0.2, 0.25) is 0 Å². The first-order valence-electron chi connectivity index (χ1n) is 6.56. The van der Waals surface area contributed by atoms with E-state index in [0.717, 1.165) is 29.9 Å². The van der Waals surface area contributed by atoms with Crippen LogP contribution in [0, 0.1) is 13.8 Å². The van der Waals surface area contributed by atoms with Crippen molar-refractivity contribution in [2.75, 3.05) is 0 Å². The monoisotopic (exact) mass is 252 g/mol. The van der Waals surface area contributed by atoms with Crippen molar-refractivity contribution in [1.82, 2.24) is 20.4 Å². The number of aromatic nitrogens is 2. The van der Waals surface area contributed by atoms with Crippen LogP contribution in [0.15, 0.2) is 0 Å². The number of nitrogens with one attached hydrogen (secondary N) is 2. The number of amides is 2. The van der Waals surface area contributed by atoms with Gasteiger partial charge >= 0.3 is 6.03 Å². The Labute approximate surface area is 109 Å². The first kappa shape index (κ1) is 14.5. The van der Waals surface area contributed by atoms with Gasteiger partial charge in [-0.05, 0) is 34.1 Å². The molecule has 0 saturated heterocycles. The number of rotatable bonds is 5. The third-order valence-electron chi connectivity index (χ3n) is 3.25. The molecule has 2 N–H and O–H groups in total. The van der Waals surface area contributed by atoms with Crippen molar-refractivity contribution in [3.63, 3.8) is 0 Å². The van der Waals surface area contributed by atoms with Crippen LogP contribution in [0.4, 0.5) is 4.79 Å². The van der Waals surface area contributed by atoms with E-state index < -0.39 is 0 Å². The zero-order chi connectivity index (χ0) is 13.7. The average molecular weight is 252 g/mol. The van der Waals surface area contributed by atoms with Crippen molar-refractivity contribution in [2.45, 2.75) is 60.2 Å². The molecule has 0 radical (unpaired) electrons. The minimum absolute atomic E-state index is 0.118. The highest BCUT2D eigenvalue weighted by atomic mass is 16.2. The number of carbonyl (C=O) groups excluding carboxylic acids is 1. The van der Waals surface area contributed by atoms with Crippen LogP contribution in [0.3, 0.4) is 0 Å². The maximum atomic E-state index is 11.6. The molecule has 0 aromatic carbocycles. The molecule has 5 nitrogen and oxygen atoms in total. The van der Waals surface area contributed by atoms with E-state index >= 15 is 0 Å². The molecule has 1 aromatic rings. The zero-order valence-corrected chi connectivity index (χ0v) is 12.0. The van der Waals surface area contributed by atoms with Gasteiger partial charge in [-0.3, -0.25) is 4.68 Å². The van der Waals surface area contributed by atoms with Gasteiger partial charge in [0.05, 0.1) is 5.69 Å². The minimum atomic E-state index is -0.118. The van der Waals surface area contributed by atoms with Crippen molar-refractivity contribution in [3.8, 4) is 0 Å². The lowest BCUT2D eigenvalue weighted by Gasteiger charge is -2.12. The number of aryl methyl sites for hydroxylation is 2. The van der Waals surface area contributed by atoms with Crippen molar-refractivity contribution in [1.29, 1.82) is 0 Å². The van der Waals surface area contributed by atoms with E-state index in [-0.39, 0.29) is 12.1 Å². The Hall–Kier alpha value is -1.52. The fraction of sp³-hybridized carbons (Fsp3) is 0.692. The predicted molar refractivity (Wildman–Crippen MR) is 72.5 cm³/mol. The number of hydrogen-bond acceptors (Lipinski definition) is 2. The number of hydrogen-bond donors (Lipinski definition) is 2. The van der Waals surface area contributed by atoms with E-state index in [4.69, 9.17) is 0 Å². The molecule has 0 bridgehead atoms. The zero-order valence-electron chi connectivity index (χ0n) is 12.0. The summed E-state index contributed by atoms with van der Waals surface area (Å²) in [5, 5.41) is 10.2. The normalized spacial score (nSPS) is 12.3. The van der Waals surface area contributed by atoms with Gasteiger partial charge in [-0.1, -0.05) is 6.92 Å². The molecule has 1 atom stereocenters. The van der Waals surface area contributed by atoms with E-state index in [0.29, 0.717) is 6.54 Å².